The summed E-state index contributed by atoms with van der Waals surface area (Å²) in [4.78, 5) is 48.5. The maximum atomic E-state index is 12.0. The van der Waals surface area contributed by atoms with Gasteiger partial charge in [0.25, 0.3) is 11.8 Å². The van der Waals surface area contributed by atoms with E-state index in [-0.39, 0.29) is 0 Å². The van der Waals surface area contributed by atoms with Crippen LogP contribution >= 0.6 is 15.9 Å². The van der Waals surface area contributed by atoms with Crippen molar-refractivity contribution in [2.75, 3.05) is 11.9 Å². The summed E-state index contributed by atoms with van der Waals surface area (Å²) < 4.78 is 5.86. The van der Waals surface area contributed by atoms with E-state index in [1.165, 1.54) is 20.8 Å². The molecular weight excluding hydrogens is 394 g/mol. The highest BCUT2D eigenvalue weighted by Gasteiger charge is 2.45. The second-order valence-electron chi connectivity index (χ2n) is 6.07. The number of carbonyl (C=O) groups is 4. The molecule has 134 valence electrons. The van der Waals surface area contributed by atoms with E-state index in [0.29, 0.717) is 5.69 Å². The molecule has 1 aliphatic rings. The quantitative estimate of drug-likeness (QED) is 0.565. The fourth-order valence-corrected chi connectivity index (χ4v) is 2.42. The summed E-state index contributed by atoms with van der Waals surface area (Å²) in [6.07, 6.45) is -1.08. The van der Waals surface area contributed by atoms with Gasteiger partial charge in [0.05, 0.1) is 0 Å². The van der Waals surface area contributed by atoms with Gasteiger partial charge in [0.1, 0.15) is 12.1 Å². The van der Waals surface area contributed by atoms with Crippen molar-refractivity contribution in [1.29, 1.82) is 0 Å². The maximum absolute atomic E-state index is 12.0. The number of halogens is 1. The first-order valence-corrected chi connectivity index (χ1v) is 8.29. The fraction of sp³-hybridized carbons (Fsp3) is 0.375. The van der Waals surface area contributed by atoms with Crippen LogP contribution in [0.1, 0.15) is 20.8 Å². The number of hydrogen-bond acceptors (Lipinski definition) is 5. The highest BCUT2D eigenvalue weighted by molar-refractivity contribution is 9.10. The summed E-state index contributed by atoms with van der Waals surface area (Å²) >= 11 is 3.29. The number of anilines is 1. The third-order valence-electron chi connectivity index (χ3n) is 3.52. The van der Waals surface area contributed by atoms with Gasteiger partial charge in [-0.1, -0.05) is 15.9 Å². The second-order valence-corrected chi connectivity index (χ2v) is 6.99. The van der Waals surface area contributed by atoms with Crippen molar-refractivity contribution in [3.63, 3.8) is 0 Å². The molecule has 0 radical (unpaired) electrons. The Bertz CT molecular complexity index is 717. The standard InChI is InChI=1S/C16H18BrN3O5/c1-9(13(22)18-11-6-4-10(17)5-7-11)25-12(21)8-20-14(23)16(2,3)19-15(20)24/h4-7,9H,8H2,1-3H3,(H,18,22)(H,19,24). The highest BCUT2D eigenvalue weighted by Crippen LogP contribution is 2.17. The van der Waals surface area contributed by atoms with Gasteiger partial charge in [-0.15, -0.1) is 0 Å². The van der Waals surface area contributed by atoms with Gasteiger partial charge in [-0.3, -0.25) is 19.3 Å². The van der Waals surface area contributed by atoms with E-state index in [1.807, 2.05) is 0 Å². The summed E-state index contributed by atoms with van der Waals surface area (Å²) in [5.74, 6) is -1.89. The van der Waals surface area contributed by atoms with Crippen molar-refractivity contribution in [1.82, 2.24) is 10.2 Å². The second kappa shape index (κ2) is 7.22. The van der Waals surface area contributed by atoms with E-state index in [4.69, 9.17) is 4.74 Å². The topological polar surface area (TPSA) is 105 Å². The number of ether oxygens (including phenoxy) is 1. The normalized spacial score (nSPS) is 17.0. The van der Waals surface area contributed by atoms with Crippen LogP contribution < -0.4 is 10.6 Å². The number of amides is 4. The predicted octanol–water partition coefficient (Wildman–Crippen LogP) is 1.65. The Hall–Kier alpha value is -2.42. The Kier molecular flexibility index (Phi) is 5.46. The number of esters is 1. The van der Waals surface area contributed by atoms with E-state index in [9.17, 15) is 19.2 Å². The smallest absolute Gasteiger partial charge is 0.327 e. The van der Waals surface area contributed by atoms with Gasteiger partial charge in [-0.2, -0.15) is 0 Å². The molecule has 0 aromatic heterocycles. The Morgan fingerprint density at radius 1 is 1.28 bits per heavy atom. The summed E-state index contributed by atoms with van der Waals surface area (Å²) in [5, 5.41) is 5.06. The summed E-state index contributed by atoms with van der Waals surface area (Å²) in [6.45, 7) is 3.92. The molecule has 1 aliphatic heterocycles. The van der Waals surface area contributed by atoms with Gasteiger partial charge < -0.3 is 15.4 Å². The molecule has 1 unspecified atom stereocenters. The van der Waals surface area contributed by atoms with E-state index in [2.05, 4.69) is 26.6 Å². The number of imide groups is 1. The monoisotopic (exact) mass is 411 g/mol. The first-order valence-electron chi connectivity index (χ1n) is 7.50. The van der Waals surface area contributed by atoms with E-state index in [1.54, 1.807) is 24.3 Å². The molecule has 25 heavy (non-hydrogen) atoms. The Morgan fingerprint density at radius 2 is 1.88 bits per heavy atom. The molecule has 1 aromatic rings. The van der Waals surface area contributed by atoms with Gasteiger partial charge in [-0.25, -0.2) is 4.79 Å². The molecule has 1 fully saturated rings. The Morgan fingerprint density at radius 3 is 2.40 bits per heavy atom. The van der Waals surface area contributed by atoms with Crippen LogP contribution in [0.5, 0.6) is 0 Å². The van der Waals surface area contributed by atoms with E-state index < -0.39 is 42.0 Å². The van der Waals surface area contributed by atoms with Crippen molar-refractivity contribution in [2.24, 2.45) is 0 Å². The average Bonchev–Trinajstić information content (AvgIpc) is 2.71. The molecule has 2 rings (SSSR count). The minimum absolute atomic E-state index is 0.520. The van der Waals surface area contributed by atoms with E-state index >= 15 is 0 Å². The van der Waals surface area contributed by atoms with Crippen LogP contribution in [0.4, 0.5) is 10.5 Å². The lowest BCUT2D eigenvalue weighted by molar-refractivity contribution is -0.155. The lowest BCUT2D eigenvalue weighted by Crippen LogP contribution is -2.42. The van der Waals surface area contributed by atoms with Crippen LogP contribution in [0.25, 0.3) is 0 Å². The third kappa shape index (κ3) is 4.56. The molecule has 0 saturated carbocycles. The molecule has 0 aliphatic carbocycles. The predicted molar refractivity (Wildman–Crippen MR) is 92.6 cm³/mol. The minimum Gasteiger partial charge on any atom is -0.451 e. The number of carbonyl (C=O) groups excluding carboxylic acids is 4. The molecule has 1 atom stereocenters. The van der Waals surface area contributed by atoms with Crippen LogP contribution in [-0.2, 0) is 19.1 Å². The minimum atomic E-state index is -1.08. The van der Waals surface area contributed by atoms with E-state index in [0.717, 1.165) is 9.37 Å². The van der Waals surface area contributed by atoms with Crippen molar-refractivity contribution in [3.05, 3.63) is 28.7 Å². The highest BCUT2D eigenvalue weighted by atomic mass is 79.9. The molecule has 1 saturated heterocycles. The van der Waals surface area contributed by atoms with Gasteiger partial charge in [0.2, 0.25) is 0 Å². The van der Waals surface area contributed by atoms with Gasteiger partial charge in [0.15, 0.2) is 6.10 Å². The number of nitrogens with zero attached hydrogens (tertiary/aromatic N) is 1. The molecule has 9 heteroatoms. The van der Waals surface area contributed by atoms with Gasteiger partial charge >= 0.3 is 12.0 Å². The molecule has 0 bridgehead atoms. The summed E-state index contributed by atoms with van der Waals surface area (Å²) in [5.41, 5.74) is -0.519. The molecule has 8 nitrogen and oxygen atoms in total. The molecule has 2 N–H and O–H groups in total. The first-order chi connectivity index (χ1) is 11.6. The first kappa shape index (κ1) is 18.9. The van der Waals surface area contributed by atoms with Gasteiger partial charge in [0, 0.05) is 10.2 Å². The Balaban J connectivity index is 1.89. The van der Waals surface area contributed by atoms with Crippen LogP contribution in [0.15, 0.2) is 28.7 Å². The molecule has 1 heterocycles. The lowest BCUT2D eigenvalue weighted by atomic mass is 10.1. The molecule has 1 aromatic carbocycles. The third-order valence-corrected chi connectivity index (χ3v) is 4.05. The van der Waals surface area contributed by atoms with Crippen LogP contribution in [0.3, 0.4) is 0 Å². The zero-order valence-corrected chi connectivity index (χ0v) is 15.5. The Labute approximate surface area is 153 Å². The zero-order chi connectivity index (χ0) is 18.8. The number of hydrogen-bond donors (Lipinski definition) is 2. The van der Waals surface area contributed by atoms with Crippen molar-refractivity contribution in [3.8, 4) is 0 Å². The molecule has 0 spiro atoms. The zero-order valence-electron chi connectivity index (χ0n) is 14.0. The summed E-state index contributed by atoms with van der Waals surface area (Å²) in [6, 6.07) is 6.22. The SMILES string of the molecule is CC(OC(=O)CN1C(=O)NC(C)(C)C1=O)C(=O)Nc1ccc(Br)cc1. The largest absolute Gasteiger partial charge is 0.451 e. The lowest BCUT2D eigenvalue weighted by Gasteiger charge is -2.17. The molecule has 4 amide bonds. The number of nitrogens with one attached hydrogen (secondary N) is 2. The average molecular weight is 412 g/mol. The van der Waals surface area contributed by atoms with Crippen LogP contribution in [0.2, 0.25) is 0 Å². The van der Waals surface area contributed by atoms with Crippen molar-refractivity contribution >= 4 is 45.4 Å². The van der Waals surface area contributed by atoms with Crippen LogP contribution in [0, 0.1) is 0 Å². The summed E-state index contributed by atoms with van der Waals surface area (Å²) in [7, 11) is 0. The fourth-order valence-electron chi connectivity index (χ4n) is 2.16. The van der Waals surface area contributed by atoms with Crippen molar-refractivity contribution in [2.45, 2.75) is 32.4 Å². The number of benzene rings is 1. The van der Waals surface area contributed by atoms with Crippen LogP contribution in [-0.4, -0.2) is 46.9 Å². The number of urea groups is 1. The number of rotatable bonds is 5. The van der Waals surface area contributed by atoms with Gasteiger partial charge in [-0.05, 0) is 45.0 Å². The molecular formula is C16H18BrN3O5. The van der Waals surface area contributed by atoms with Crippen molar-refractivity contribution < 1.29 is 23.9 Å². The maximum Gasteiger partial charge on any atom is 0.327 e.